The topological polar surface area (TPSA) is 115 Å². The fraction of sp³-hybridized carbons (Fsp3) is 0.143. The third kappa shape index (κ3) is 2.97. The third-order valence-electron chi connectivity index (χ3n) is 2.74. The van der Waals surface area contributed by atoms with Crippen molar-refractivity contribution in [1.29, 1.82) is 0 Å². The van der Waals surface area contributed by atoms with E-state index in [1.165, 1.54) is 18.3 Å². The molecule has 7 nitrogen and oxygen atoms in total. The molecule has 0 aliphatic rings. The highest BCUT2D eigenvalue weighted by Crippen LogP contribution is 2.27. The first-order valence-electron chi connectivity index (χ1n) is 6.04. The van der Waals surface area contributed by atoms with Crippen LogP contribution in [0.1, 0.15) is 32.1 Å². The number of pyridine rings is 2. The Morgan fingerprint density at radius 1 is 1.33 bits per heavy atom. The first kappa shape index (κ1) is 14.4. The molecule has 0 aromatic carbocycles. The summed E-state index contributed by atoms with van der Waals surface area (Å²) in [7, 11) is 0. The number of aromatic carboxylic acids is 1. The van der Waals surface area contributed by atoms with Crippen molar-refractivity contribution in [2.24, 2.45) is 5.73 Å². The number of nitrogens with zero attached hydrogens (tertiary/aromatic N) is 2. The summed E-state index contributed by atoms with van der Waals surface area (Å²) in [5, 5.41) is 9.08. The number of ether oxygens (including phenoxy) is 1. The van der Waals surface area contributed by atoms with E-state index in [9.17, 15) is 9.59 Å². The van der Waals surface area contributed by atoms with E-state index in [0.717, 1.165) is 0 Å². The minimum atomic E-state index is -1.24. The highest BCUT2D eigenvalue weighted by atomic mass is 16.5. The molecule has 0 aliphatic carbocycles. The van der Waals surface area contributed by atoms with E-state index >= 15 is 0 Å². The van der Waals surface area contributed by atoms with Crippen LogP contribution in [0, 0.1) is 13.8 Å². The minimum Gasteiger partial charge on any atom is -0.476 e. The van der Waals surface area contributed by atoms with Gasteiger partial charge in [0.15, 0.2) is 11.4 Å². The van der Waals surface area contributed by atoms with E-state index in [4.69, 9.17) is 15.6 Å². The molecule has 2 heterocycles. The second-order valence-electron chi connectivity index (χ2n) is 4.38. The van der Waals surface area contributed by atoms with Crippen molar-refractivity contribution in [3.05, 3.63) is 46.9 Å². The van der Waals surface area contributed by atoms with Crippen LogP contribution in [0.3, 0.4) is 0 Å². The van der Waals surface area contributed by atoms with Gasteiger partial charge in [0.2, 0.25) is 5.88 Å². The SMILES string of the molecule is Cc1cc(C)c(C(N)=O)c(Oc2cccnc2C(=O)O)n1. The van der Waals surface area contributed by atoms with Crippen LogP contribution in [0.15, 0.2) is 24.4 Å². The quantitative estimate of drug-likeness (QED) is 0.883. The molecule has 108 valence electrons. The summed E-state index contributed by atoms with van der Waals surface area (Å²) in [4.78, 5) is 30.5. The molecule has 0 saturated heterocycles. The maximum Gasteiger partial charge on any atom is 0.358 e. The molecule has 0 bridgehead atoms. The number of carbonyl (C=O) groups is 2. The second kappa shape index (κ2) is 5.58. The molecule has 2 aromatic heterocycles. The van der Waals surface area contributed by atoms with Gasteiger partial charge in [0.05, 0.1) is 0 Å². The van der Waals surface area contributed by atoms with Crippen LogP contribution >= 0.6 is 0 Å². The highest BCUT2D eigenvalue weighted by Gasteiger charge is 2.19. The Morgan fingerprint density at radius 3 is 2.67 bits per heavy atom. The predicted octanol–water partition coefficient (Wildman–Crippen LogP) is 1.68. The van der Waals surface area contributed by atoms with Crippen molar-refractivity contribution < 1.29 is 19.4 Å². The largest absolute Gasteiger partial charge is 0.476 e. The number of hydrogen-bond acceptors (Lipinski definition) is 5. The maximum absolute atomic E-state index is 11.5. The molecule has 3 N–H and O–H groups in total. The van der Waals surface area contributed by atoms with Crippen LogP contribution in [0.25, 0.3) is 0 Å². The second-order valence-corrected chi connectivity index (χ2v) is 4.38. The summed E-state index contributed by atoms with van der Waals surface area (Å²) in [6.45, 7) is 3.43. The van der Waals surface area contributed by atoms with Crippen LogP contribution in [-0.4, -0.2) is 27.0 Å². The molecule has 0 unspecified atom stereocenters. The number of aryl methyl sites for hydroxylation is 2. The van der Waals surface area contributed by atoms with Gasteiger partial charge in [0, 0.05) is 11.9 Å². The molecular formula is C14H13N3O4. The lowest BCUT2D eigenvalue weighted by molar-refractivity contribution is 0.0687. The Bertz CT molecular complexity index is 728. The fourth-order valence-corrected chi connectivity index (χ4v) is 1.91. The lowest BCUT2D eigenvalue weighted by Gasteiger charge is -2.12. The smallest absolute Gasteiger partial charge is 0.358 e. The molecule has 2 rings (SSSR count). The van der Waals surface area contributed by atoms with Crippen molar-refractivity contribution in [3.8, 4) is 11.6 Å². The number of hydrogen-bond donors (Lipinski definition) is 2. The van der Waals surface area contributed by atoms with Gasteiger partial charge in [-0.1, -0.05) is 0 Å². The lowest BCUT2D eigenvalue weighted by atomic mass is 10.1. The number of carbonyl (C=O) groups excluding carboxylic acids is 1. The average molecular weight is 287 g/mol. The molecular weight excluding hydrogens is 274 g/mol. The van der Waals surface area contributed by atoms with Crippen molar-refractivity contribution in [2.75, 3.05) is 0 Å². The molecule has 1 amide bonds. The van der Waals surface area contributed by atoms with E-state index in [2.05, 4.69) is 9.97 Å². The van der Waals surface area contributed by atoms with E-state index in [-0.39, 0.29) is 22.9 Å². The average Bonchev–Trinajstić information content (AvgIpc) is 2.37. The molecule has 7 heteroatoms. The molecule has 0 aliphatic heterocycles. The van der Waals surface area contributed by atoms with Crippen molar-refractivity contribution in [1.82, 2.24) is 9.97 Å². The van der Waals surface area contributed by atoms with Gasteiger partial charge in [0.25, 0.3) is 5.91 Å². The van der Waals surface area contributed by atoms with Crippen LogP contribution in [0.2, 0.25) is 0 Å². The van der Waals surface area contributed by atoms with Gasteiger partial charge < -0.3 is 15.6 Å². The standard InChI is InChI=1S/C14H13N3O4/c1-7-6-8(2)17-13(10(7)12(15)18)21-9-4-3-5-16-11(9)14(19)20/h3-6H,1-2H3,(H2,15,18)(H,19,20). The molecule has 0 atom stereocenters. The Balaban J connectivity index is 2.54. The zero-order valence-corrected chi connectivity index (χ0v) is 11.5. The maximum atomic E-state index is 11.5. The van der Waals surface area contributed by atoms with Gasteiger partial charge in [-0.15, -0.1) is 0 Å². The number of carboxylic acids is 1. The molecule has 21 heavy (non-hydrogen) atoms. The van der Waals surface area contributed by atoms with Gasteiger partial charge in [0.1, 0.15) is 5.56 Å². The van der Waals surface area contributed by atoms with Crippen molar-refractivity contribution >= 4 is 11.9 Å². The number of nitrogens with two attached hydrogens (primary N) is 1. The Morgan fingerprint density at radius 2 is 2.05 bits per heavy atom. The first-order valence-corrected chi connectivity index (χ1v) is 6.04. The number of carboxylic acid groups (broad SMARTS) is 1. The van der Waals surface area contributed by atoms with Crippen molar-refractivity contribution in [2.45, 2.75) is 13.8 Å². The molecule has 0 saturated carbocycles. The van der Waals surface area contributed by atoms with Crippen LogP contribution in [0.5, 0.6) is 11.6 Å². The first-order chi connectivity index (χ1) is 9.90. The lowest BCUT2D eigenvalue weighted by Crippen LogP contribution is -2.16. The Kier molecular flexibility index (Phi) is 3.84. The van der Waals surface area contributed by atoms with Crippen LogP contribution in [-0.2, 0) is 0 Å². The summed E-state index contributed by atoms with van der Waals surface area (Å²) in [5.74, 6) is -1.98. The van der Waals surface area contributed by atoms with Crippen LogP contribution < -0.4 is 10.5 Å². The van der Waals surface area contributed by atoms with Gasteiger partial charge in [-0.25, -0.2) is 14.8 Å². The van der Waals surface area contributed by atoms with Crippen molar-refractivity contribution in [3.63, 3.8) is 0 Å². The monoisotopic (exact) mass is 287 g/mol. The van der Waals surface area contributed by atoms with Gasteiger partial charge in [-0.3, -0.25) is 4.79 Å². The summed E-state index contributed by atoms with van der Waals surface area (Å²) in [6.07, 6.45) is 1.33. The predicted molar refractivity (Wildman–Crippen MR) is 73.5 cm³/mol. The number of amides is 1. The zero-order chi connectivity index (χ0) is 15.6. The number of primary amides is 1. The number of aromatic nitrogens is 2. The molecule has 2 aromatic rings. The molecule has 0 fully saturated rings. The van der Waals surface area contributed by atoms with E-state index in [0.29, 0.717) is 11.3 Å². The van der Waals surface area contributed by atoms with Gasteiger partial charge in [-0.2, -0.15) is 0 Å². The summed E-state index contributed by atoms with van der Waals surface area (Å²) in [6, 6.07) is 4.64. The summed E-state index contributed by atoms with van der Waals surface area (Å²) < 4.78 is 5.47. The minimum absolute atomic E-state index is 0.00926. The van der Waals surface area contributed by atoms with Gasteiger partial charge >= 0.3 is 5.97 Å². The van der Waals surface area contributed by atoms with Gasteiger partial charge in [-0.05, 0) is 37.6 Å². The van der Waals surface area contributed by atoms with E-state index in [1.807, 2.05) is 0 Å². The normalized spacial score (nSPS) is 10.2. The third-order valence-corrected chi connectivity index (χ3v) is 2.74. The summed E-state index contributed by atoms with van der Waals surface area (Å²) >= 11 is 0. The zero-order valence-electron chi connectivity index (χ0n) is 11.5. The Hall–Kier alpha value is -2.96. The number of rotatable bonds is 4. The molecule has 0 spiro atoms. The van der Waals surface area contributed by atoms with E-state index in [1.54, 1.807) is 19.9 Å². The Labute approximate surface area is 120 Å². The fourth-order valence-electron chi connectivity index (χ4n) is 1.91. The molecule has 0 radical (unpaired) electrons. The van der Waals surface area contributed by atoms with E-state index < -0.39 is 11.9 Å². The van der Waals surface area contributed by atoms with Crippen LogP contribution in [0.4, 0.5) is 0 Å². The highest BCUT2D eigenvalue weighted by molar-refractivity contribution is 5.96. The summed E-state index contributed by atoms with van der Waals surface area (Å²) in [5.41, 5.74) is 6.39.